The van der Waals surface area contributed by atoms with Gasteiger partial charge in [0.1, 0.15) is 22.9 Å². The molecule has 0 unspecified atom stereocenters. The van der Waals surface area contributed by atoms with Crippen LogP contribution in [0.4, 0.5) is 13.2 Å². The number of nitrogens with zero attached hydrogens (tertiary/aromatic N) is 3. The van der Waals surface area contributed by atoms with Gasteiger partial charge in [0.2, 0.25) is 10.0 Å². The van der Waals surface area contributed by atoms with Crippen molar-refractivity contribution in [3.63, 3.8) is 0 Å². The minimum Gasteiger partial charge on any atom is -0.467 e. The van der Waals surface area contributed by atoms with Crippen molar-refractivity contribution in [2.24, 2.45) is 7.05 Å². The molecule has 1 amide bonds. The lowest BCUT2D eigenvalue weighted by molar-refractivity contribution is -0.142. The van der Waals surface area contributed by atoms with E-state index in [4.69, 9.17) is 4.42 Å². The summed E-state index contributed by atoms with van der Waals surface area (Å²) in [6.45, 7) is -1.09. The molecule has 154 valence electrons. The van der Waals surface area contributed by atoms with Gasteiger partial charge in [0.15, 0.2) is 0 Å². The fraction of sp³-hybridized carbons (Fsp3) is 0.471. The number of rotatable bonds is 6. The molecule has 0 saturated carbocycles. The van der Waals surface area contributed by atoms with Crippen LogP contribution in [0.15, 0.2) is 40.0 Å². The van der Waals surface area contributed by atoms with Gasteiger partial charge in [0.05, 0.1) is 12.8 Å². The van der Waals surface area contributed by atoms with Crippen LogP contribution < -0.4 is 0 Å². The summed E-state index contributed by atoms with van der Waals surface area (Å²) >= 11 is 0. The van der Waals surface area contributed by atoms with E-state index >= 15 is 0 Å². The minimum atomic E-state index is -4.61. The molecule has 7 nitrogen and oxygen atoms in total. The molecule has 1 aliphatic heterocycles. The predicted octanol–water partition coefficient (Wildman–Crippen LogP) is 2.61. The quantitative estimate of drug-likeness (QED) is 0.721. The average Bonchev–Trinajstić information content (AvgIpc) is 3.34. The first-order valence-electron chi connectivity index (χ1n) is 8.63. The SMILES string of the molecule is Cn1cc(S(=O)(=O)N2CCCC2)cc1C(=O)N(Cc1ccco1)CC(F)(F)F. The van der Waals surface area contributed by atoms with Crippen LogP contribution >= 0.6 is 0 Å². The van der Waals surface area contributed by atoms with E-state index in [1.54, 1.807) is 0 Å². The molecule has 0 atom stereocenters. The Kier molecular flexibility index (Phi) is 5.57. The second-order valence-corrected chi connectivity index (χ2v) is 8.58. The Morgan fingerprint density at radius 2 is 1.96 bits per heavy atom. The van der Waals surface area contributed by atoms with E-state index in [1.807, 2.05) is 0 Å². The van der Waals surface area contributed by atoms with Crippen LogP contribution in [0.2, 0.25) is 0 Å². The number of hydrogen-bond donors (Lipinski definition) is 0. The summed E-state index contributed by atoms with van der Waals surface area (Å²) in [6.07, 6.45) is -0.563. The molecule has 0 aromatic carbocycles. The molecular weight excluding hydrogens is 399 g/mol. The molecule has 0 aliphatic carbocycles. The number of alkyl halides is 3. The lowest BCUT2D eigenvalue weighted by atomic mass is 10.3. The third kappa shape index (κ3) is 4.41. The number of furan rings is 1. The molecule has 3 heterocycles. The second-order valence-electron chi connectivity index (χ2n) is 6.64. The average molecular weight is 419 g/mol. The smallest absolute Gasteiger partial charge is 0.406 e. The van der Waals surface area contributed by atoms with Crippen LogP contribution in [0.3, 0.4) is 0 Å². The van der Waals surface area contributed by atoms with Crippen molar-refractivity contribution in [3.8, 4) is 0 Å². The Balaban J connectivity index is 1.89. The normalized spacial score (nSPS) is 15.9. The molecule has 0 N–H and O–H groups in total. The van der Waals surface area contributed by atoms with Gasteiger partial charge < -0.3 is 13.9 Å². The van der Waals surface area contributed by atoms with E-state index in [0.717, 1.165) is 18.9 Å². The van der Waals surface area contributed by atoms with E-state index in [-0.39, 0.29) is 22.9 Å². The van der Waals surface area contributed by atoms with Gasteiger partial charge in [-0.25, -0.2) is 8.42 Å². The van der Waals surface area contributed by atoms with Crippen molar-refractivity contribution in [1.82, 2.24) is 13.8 Å². The van der Waals surface area contributed by atoms with E-state index in [9.17, 15) is 26.4 Å². The molecule has 1 saturated heterocycles. The number of carbonyl (C=O) groups excluding carboxylic acids is 1. The highest BCUT2D eigenvalue weighted by Gasteiger charge is 2.36. The first-order chi connectivity index (χ1) is 13.1. The summed E-state index contributed by atoms with van der Waals surface area (Å²) in [5, 5.41) is 0. The topological polar surface area (TPSA) is 75.8 Å². The standard InChI is InChI=1S/C17H20F3N3O4S/c1-21-11-14(28(25,26)23-6-2-3-7-23)9-15(21)16(24)22(12-17(18,19)20)10-13-5-4-8-27-13/h4-5,8-9,11H,2-3,6-7,10,12H2,1H3. The maximum absolute atomic E-state index is 13.0. The molecule has 0 bridgehead atoms. The first-order valence-corrected chi connectivity index (χ1v) is 10.1. The van der Waals surface area contributed by atoms with Crippen LogP contribution in [0.25, 0.3) is 0 Å². The van der Waals surface area contributed by atoms with Gasteiger partial charge in [-0.05, 0) is 31.0 Å². The minimum absolute atomic E-state index is 0.106. The summed E-state index contributed by atoms with van der Waals surface area (Å²) in [4.78, 5) is 13.3. The van der Waals surface area contributed by atoms with Gasteiger partial charge in [0, 0.05) is 26.3 Å². The molecule has 28 heavy (non-hydrogen) atoms. The molecule has 0 radical (unpaired) electrons. The van der Waals surface area contributed by atoms with Crippen molar-refractivity contribution in [1.29, 1.82) is 0 Å². The van der Waals surface area contributed by atoms with Crippen LogP contribution in [0.1, 0.15) is 29.1 Å². The zero-order valence-electron chi connectivity index (χ0n) is 15.1. The Labute approximate surface area is 160 Å². The number of hydrogen-bond acceptors (Lipinski definition) is 4. The molecule has 2 aromatic heterocycles. The summed E-state index contributed by atoms with van der Waals surface area (Å²) < 4.78 is 71.9. The number of carbonyl (C=O) groups is 1. The summed E-state index contributed by atoms with van der Waals surface area (Å²) in [5.74, 6) is -0.740. The third-order valence-electron chi connectivity index (χ3n) is 4.49. The van der Waals surface area contributed by atoms with Crippen LogP contribution in [0, 0.1) is 0 Å². The molecule has 11 heteroatoms. The lowest BCUT2D eigenvalue weighted by Crippen LogP contribution is -2.39. The molecule has 0 spiro atoms. The van der Waals surface area contributed by atoms with Gasteiger partial charge in [-0.3, -0.25) is 4.79 Å². The maximum atomic E-state index is 13.0. The fourth-order valence-electron chi connectivity index (χ4n) is 3.13. The van der Waals surface area contributed by atoms with Gasteiger partial charge in [-0.15, -0.1) is 0 Å². The Morgan fingerprint density at radius 3 is 2.54 bits per heavy atom. The van der Waals surface area contributed by atoms with Crippen LogP contribution in [-0.4, -0.2) is 53.9 Å². The molecular formula is C17H20F3N3O4S. The van der Waals surface area contributed by atoms with E-state index < -0.39 is 28.7 Å². The predicted molar refractivity (Wildman–Crippen MR) is 92.9 cm³/mol. The number of sulfonamides is 1. The molecule has 2 aromatic rings. The first kappa shape index (κ1) is 20.5. The molecule has 1 aliphatic rings. The van der Waals surface area contributed by atoms with E-state index in [0.29, 0.717) is 18.0 Å². The second kappa shape index (κ2) is 7.63. The highest BCUT2D eigenvalue weighted by molar-refractivity contribution is 7.89. The Hall–Kier alpha value is -2.27. The number of aromatic nitrogens is 1. The van der Waals surface area contributed by atoms with Crippen molar-refractivity contribution in [3.05, 3.63) is 42.1 Å². The zero-order chi connectivity index (χ0) is 20.5. The largest absolute Gasteiger partial charge is 0.467 e. The summed E-state index contributed by atoms with van der Waals surface area (Å²) in [6, 6.07) is 4.10. The monoisotopic (exact) mass is 419 g/mol. The van der Waals surface area contributed by atoms with Crippen molar-refractivity contribution < 1.29 is 30.8 Å². The Morgan fingerprint density at radius 1 is 1.29 bits per heavy atom. The number of halogens is 3. The summed E-state index contributed by atoms with van der Waals surface area (Å²) in [7, 11) is -2.36. The number of amides is 1. The van der Waals surface area contributed by atoms with E-state index in [2.05, 4.69) is 0 Å². The zero-order valence-corrected chi connectivity index (χ0v) is 16.0. The van der Waals surface area contributed by atoms with Crippen molar-refractivity contribution >= 4 is 15.9 Å². The van der Waals surface area contributed by atoms with E-state index in [1.165, 1.54) is 40.5 Å². The highest BCUT2D eigenvalue weighted by atomic mass is 32.2. The third-order valence-corrected chi connectivity index (χ3v) is 6.35. The maximum Gasteiger partial charge on any atom is 0.406 e. The van der Waals surface area contributed by atoms with Crippen LogP contribution in [0.5, 0.6) is 0 Å². The van der Waals surface area contributed by atoms with Gasteiger partial charge >= 0.3 is 6.18 Å². The fourth-order valence-corrected chi connectivity index (χ4v) is 4.72. The lowest BCUT2D eigenvalue weighted by Gasteiger charge is -2.23. The highest BCUT2D eigenvalue weighted by Crippen LogP contribution is 2.25. The molecule has 3 rings (SSSR count). The van der Waals surface area contributed by atoms with Crippen LogP contribution in [-0.2, 0) is 23.6 Å². The molecule has 1 fully saturated rings. The van der Waals surface area contributed by atoms with Crippen molar-refractivity contribution in [2.45, 2.75) is 30.5 Å². The van der Waals surface area contributed by atoms with Crippen molar-refractivity contribution in [2.75, 3.05) is 19.6 Å². The van der Waals surface area contributed by atoms with Gasteiger partial charge in [-0.1, -0.05) is 0 Å². The van der Waals surface area contributed by atoms with Gasteiger partial charge in [0.25, 0.3) is 5.91 Å². The number of aryl methyl sites for hydroxylation is 1. The Bertz CT molecular complexity index is 930. The summed E-state index contributed by atoms with van der Waals surface area (Å²) in [5.41, 5.74) is -0.145. The van der Waals surface area contributed by atoms with Gasteiger partial charge in [-0.2, -0.15) is 17.5 Å².